The Morgan fingerprint density at radius 3 is 2.90 bits per heavy atom. The first-order valence-corrected chi connectivity index (χ1v) is 6.59. The molecule has 2 heterocycles. The first kappa shape index (κ1) is 14.2. The molecule has 3 N–H and O–H groups in total. The number of halogens is 1. The van der Waals surface area contributed by atoms with E-state index in [0.29, 0.717) is 4.34 Å². The lowest BCUT2D eigenvalue weighted by atomic mass is 10.2. The number of anilines is 1. The van der Waals surface area contributed by atoms with Crippen LogP contribution in [0.15, 0.2) is 24.4 Å². The largest absolute Gasteiger partial charge is 0.384 e. The Morgan fingerprint density at radius 2 is 2.30 bits per heavy atom. The van der Waals surface area contributed by atoms with Crippen molar-refractivity contribution >= 4 is 40.4 Å². The number of carbonyl (C=O) groups excluding carboxylic acids is 1. The molecule has 0 atom stereocenters. The van der Waals surface area contributed by atoms with Crippen molar-refractivity contribution in [3.63, 3.8) is 0 Å². The van der Waals surface area contributed by atoms with Gasteiger partial charge in [-0.2, -0.15) is 0 Å². The number of nitrogens with one attached hydrogen (secondary N) is 1. The third-order valence-electron chi connectivity index (χ3n) is 2.40. The Morgan fingerprint density at radius 1 is 1.55 bits per heavy atom. The minimum Gasteiger partial charge on any atom is -0.384 e. The lowest BCUT2D eigenvalue weighted by Crippen LogP contribution is -2.23. The second-order valence-corrected chi connectivity index (χ2v) is 5.57. The van der Waals surface area contributed by atoms with Crippen molar-refractivity contribution in [3.8, 4) is 0 Å². The van der Waals surface area contributed by atoms with Gasteiger partial charge in [-0.25, -0.2) is 4.98 Å². The summed E-state index contributed by atoms with van der Waals surface area (Å²) in [6.45, 7) is 0.232. The van der Waals surface area contributed by atoms with Gasteiger partial charge in [0.1, 0.15) is 17.6 Å². The molecule has 0 bridgehead atoms. The quantitative estimate of drug-likeness (QED) is 0.664. The van der Waals surface area contributed by atoms with Crippen molar-refractivity contribution in [2.45, 2.75) is 6.54 Å². The van der Waals surface area contributed by atoms with E-state index in [2.05, 4.69) is 10.3 Å². The smallest absolute Gasteiger partial charge is 0.300 e. The normalized spacial score (nSPS) is 10.2. The molecule has 9 heteroatoms. The van der Waals surface area contributed by atoms with Gasteiger partial charge in [0, 0.05) is 4.88 Å². The average Bonchev–Trinajstić information content (AvgIpc) is 2.81. The van der Waals surface area contributed by atoms with Gasteiger partial charge < -0.3 is 11.1 Å². The maximum Gasteiger partial charge on any atom is 0.300 e. The Kier molecular flexibility index (Phi) is 4.16. The number of nitrogens with zero attached hydrogens (tertiary/aromatic N) is 2. The maximum absolute atomic E-state index is 12.0. The summed E-state index contributed by atoms with van der Waals surface area (Å²) in [5.74, 6) is -0.546. The molecule has 0 aliphatic heterocycles. The summed E-state index contributed by atoms with van der Waals surface area (Å²) in [6.07, 6.45) is 0.965. The van der Waals surface area contributed by atoms with E-state index in [4.69, 9.17) is 17.3 Å². The fourth-order valence-electron chi connectivity index (χ4n) is 1.50. The highest BCUT2D eigenvalue weighted by molar-refractivity contribution is 7.16. The number of hydrogen-bond acceptors (Lipinski definition) is 6. The highest BCUT2D eigenvalue weighted by atomic mass is 35.5. The molecule has 0 unspecified atom stereocenters. The summed E-state index contributed by atoms with van der Waals surface area (Å²) >= 11 is 7.09. The maximum atomic E-state index is 12.0. The van der Waals surface area contributed by atoms with Gasteiger partial charge in [-0.3, -0.25) is 14.9 Å². The van der Waals surface area contributed by atoms with E-state index in [-0.39, 0.29) is 23.6 Å². The predicted molar refractivity (Wildman–Crippen MR) is 75.8 cm³/mol. The van der Waals surface area contributed by atoms with Gasteiger partial charge in [0.05, 0.1) is 15.8 Å². The van der Waals surface area contributed by atoms with Crippen LogP contribution in [0.25, 0.3) is 0 Å². The molecule has 0 spiro atoms. The summed E-state index contributed by atoms with van der Waals surface area (Å²) in [4.78, 5) is 26.6. The molecule has 1 amide bonds. The molecular formula is C11H9ClN4O3S. The van der Waals surface area contributed by atoms with Crippen molar-refractivity contribution in [1.82, 2.24) is 10.3 Å². The number of nitrogens with two attached hydrogens (primary N) is 1. The molecule has 7 nitrogen and oxygen atoms in total. The topological polar surface area (TPSA) is 111 Å². The fraction of sp³-hybridized carbons (Fsp3) is 0.0909. The molecule has 2 rings (SSSR count). The molecule has 2 aromatic rings. The zero-order chi connectivity index (χ0) is 14.7. The van der Waals surface area contributed by atoms with Crippen molar-refractivity contribution < 1.29 is 9.72 Å². The predicted octanol–water partition coefficient (Wildman–Crippen LogP) is 2.22. The molecule has 2 aromatic heterocycles. The van der Waals surface area contributed by atoms with Crippen molar-refractivity contribution in [1.29, 1.82) is 0 Å². The van der Waals surface area contributed by atoms with Crippen LogP contribution >= 0.6 is 22.9 Å². The highest BCUT2D eigenvalue weighted by Crippen LogP contribution is 2.22. The van der Waals surface area contributed by atoms with Crippen LogP contribution < -0.4 is 11.1 Å². The first-order chi connectivity index (χ1) is 9.47. The zero-order valence-corrected chi connectivity index (χ0v) is 11.6. The Bertz CT molecular complexity index is 673. The Hall–Kier alpha value is -2.19. The van der Waals surface area contributed by atoms with E-state index < -0.39 is 10.8 Å². The monoisotopic (exact) mass is 312 g/mol. The van der Waals surface area contributed by atoms with Crippen LogP contribution in [0.5, 0.6) is 0 Å². The molecular weight excluding hydrogens is 304 g/mol. The number of nitro groups is 1. The van der Waals surface area contributed by atoms with E-state index in [1.165, 1.54) is 17.4 Å². The molecule has 0 aromatic carbocycles. The summed E-state index contributed by atoms with van der Waals surface area (Å²) in [7, 11) is 0. The molecule has 104 valence electrons. The number of rotatable bonds is 4. The molecule has 0 fully saturated rings. The standard InChI is InChI=1S/C11H9ClN4O3S/c12-9-2-1-6(20-9)4-15-11(17)7-3-10(13)14-5-8(7)16(18)19/h1-3,5H,4H2,(H2,13,14)(H,15,17). The van der Waals surface area contributed by atoms with Crippen LogP contribution in [0.3, 0.4) is 0 Å². The van der Waals surface area contributed by atoms with Gasteiger partial charge in [-0.1, -0.05) is 11.6 Å². The van der Waals surface area contributed by atoms with Crippen LogP contribution in [-0.2, 0) is 6.54 Å². The van der Waals surface area contributed by atoms with Crippen molar-refractivity contribution in [3.05, 3.63) is 49.3 Å². The van der Waals surface area contributed by atoms with Gasteiger partial charge in [0.2, 0.25) is 0 Å². The minimum absolute atomic E-state index is 0.0416. The molecule has 0 aliphatic rings. The van der Waals surface area contributed by atoms with Gasteiger partial charge in [-0.05, 0) is 18.2 Å². The van der Waals surface area contributed by atoms with Gasteiger partial charge >= 0.3 is 0 Å². The van der Waals surface area contributed by atoms with Crippen LogP contribution in [0.4, 0.5) is 11.5 Å². The molecule has 0 radical (unpaired) electrons. The molecule has 0 saturated heterocycles. The van der Waals surface area contributed by atoms with Crippen LogP contribution in [0.1, 0.15) is 15.2 Å². The van der Waals surface area contributed by atoms with Gasteiger partial charge in [0.15, 0.2) is 0 Å². The Balaban J connectivity index is 2.16. The average molecular weight is 313 g/mol. The van der Waals surface area contributed by atoms with Crippen molar-refractivity contribution in [2.75, 3.05) is 5.73 Å². The van der Waals surface area contributed by atoms with Crippen molar-refractivity contribution in [2.24, 2.45) is 0 Å². The minimum atomic E-state index is -0.677. The van der Waals surface area contributed by atoms with Crippen LogP contribution in [0, 0.1) is 10.1 Å². The number of thiophene rings is 1. The number of carbonyl (C=O) groups is 1. The Labute approximate surface area is 122 Å². The van der Waals surface area contributed by atoms with Gasteiger partial charge in [-0.15, -0.1) is 11.3 Å². The van der Waals surface area contributed by atoms with Crippen LogP contribution in [-0.4, -0.2) is 15.8 Å². The van der Waals surface area contributed by atoms with Crippen LogP contribution in [0.2, 0.25) is 4.34 Å². The molecule has 0 aliphatic carbocycles. The van der Waals surface area contributed by atoms with Gasteiger partial charge in [0.25, 0.3) is 11.6 Å². The number of aromatic nitrogens is 1. The van der Waals surface area contributed by atoms with E-state index >= 15 is 0 Å². The van der Waals surface area contributed by atoms with E-state index in [9.17, 15) is 14.9 Å². The number of nitrogen functional groups attached to an aromatic ring is 1. The molecule has 20 heavy (non-hydrogen) atoms. The lowest BCUT2D eigenvalue weighted by molar-refractivity contribution is -0.385. The summed E-state index contributed by atoms with van der Waals surface area (Å²) in [5, 5.41) is 13.4. The third-order valence-corrected chi connectivity index (χ3v) is 3.63. The van der Waals surface area contributed by atoms with E-state index in [1.54, 1.807) is 12.1 Å². The van der Waals surface area contributed by atoms with E-state index in [1.807, 2.05) is 0 Å². The SMILES string of the molecule is Nc1cc(C(=O)NCc2ccc(Cl)s2)c([N+](=O)[O-])cn1. The zero-order valence-electron chi connectivity index (χ0n) is 10.00. The van der Waals surface area contributed by atoms with E-state index in [0.717, 1.165) is 11.1 Å². The highest BCUT2D eigenvalue weighted by Gasteiger charge is 2.21. The first-order valence-electron chi connectivity index (χ1n) is 5.39. The summed E-state index contributed by atoms with van der Waals surface area (Å²) < 4.78 is 0.605. The lowest BCUT2D eigenvalue weighted by Gasteiger charge is -2.05. The number of pyridine rings is 1. The second kappa shape index (κ2) is 5.85. The second-order valence-electron chi connectivity index (χ2n) is 3.77. The fourth-order valence-corrected chi connectivity index (χ4v) is 2.53. The number of hydrogen-bond donors (Lipinski definition) is 2. The summed E-state index contributed by atoms with van der Waals surface area (Å²) in [6, 6.07) is 4.65. The summed E-state index contributed by atoms with van der Waals surface area (Å²) in [5.41, 5.74) is 4.94. The number of amides is 1. The molecule has 0 saturated carbocycles. The third kappa shape index (κ3) is 3.22.